The predicted octanol–water partition coefficient (Wildman–Crippen LogP) is 1.43. The molecular weight excluding hydrogens is 320 g/mol. The molecule has 0 amide bonds. The molecule has 1 fully saturated rings. The van der Waals surface area contributed by atoms with Crippen molar-refractivity contribution < 1.29 is 8.42 Å². The number of sulfonamides is 1. The Kier molecular flexibility index (Phi) is 4.08. The van der Waals surface area contributed by atoms with Crippen LogP contribution >= 0.6 is 15.9 Å². The van der Waals surface area contributed by atoms with Gasteiger partial charge in [-0.2, -0.15) is 0 Å². The molecule has 1 unspecified atom stereocenters. The van der Waals surface area contributed by atoms with Crippen LogP contribution in [0.2, 0.25) is 0 Å². The molecule has 1 N–H and O–H groups in total. The summed E-state index contributed by atoms with van der Waals surface area (Å²) >= 11 is 3.11. The number of nitrogens with zero attached hydrogens (tertiary/aromatic N) is 3. The molecule has 0 radical (unpaired) electrons. The maximum atomic E-state index is 12.3. The lowest BCUT2D eigenvalue weighted by atomic mass is 10.0. The van der Waals surface area contributed by atoms with Gasteiger partial charge in [0.2, 0.25) is 5.03 Å². The van der Waals surface area contributed by atoms with Gasteiger partial charge >= 0.3 is 0 Å². The molecule has 1 aliphatic rings. The smallest absolute Gasteiger partial charge is 0.235 e. The SMILES string of the molecule is CC(NS(=O)(=O)c1c(Br)nnn1C)C1CCCC1. The standard InChI is InChI=1S/C10H17BrN4O2S/c1-7(8-5-3-4-6-8)13-18(16,17)10-9(11)12-14-15(10)2/h7-8,13H,3-6H2,1-2H3. The largest absolute Gasteiger partial charge is 0.260 e. The van der Waals surface area contributed by atoms with Crippen molar-refractivity contribution >= 4 is 26.0 Å². The third-order valence-corrected chi connectivity index (χ3v) is 5.88. The normalized spacial score (nSPS) is 19.3. The van der Waals surface area contributed by atoms with Crippen molar-refractivity contribution in [1.82, 2.24) is 19.7 Å². The Morgan fingerprint density at radius 1 is 1.44 bits per heavy atom. The average Bonchev–Trinajstić information content (AvgIpc) is 2.87. The van der Waals surface area contributed by atoms with E-state index >= 15 is 0 Å². The summed E-state index contributed by atoms with van der Waals surface area (Å²) in [5.74, 6) is 0.430. The van der Waals surface area contributed by atoms with Crippen molar-refractivity contribution in [3.05, 3.63) is 4.60 Å². The van der Waals surface area contributed by atoms with Crippen molar-refractivity contribution in [2.45, 2.75) is 43.7 Å². The van der Waals surface area contributed by atoms with Gasteiger partial charge in [-0.15, -0.1) is 5.10 Å². The fourth-order valence-electron chi connectivity index (χ4n) is 2.46. The number of halogens is 1. The van der Waals surface area contributed by atoms with Gasteiger partial charge < -0.3 is 0 Å². The first kappa shape index (κ1) is 14.0. The van der Waals surface area contributed by atoms with Crippen LogP contribution in [0, 0.1) is 5.92 Å². The molecule has 1 aliphatic carbocycles. The molecule has 6 nitrogen and oxygen atoms in total. The second-order valence-electron chi connectivity index (χ2n) is 4.76. The fourth-order valence-corrected chi connectivity index (χ4v) is 4.87. The van der Waals surface area contributed by atoms with Crippen LogP contribution in [0.15, 0.2) is 9.63 Å². The van der Waals surface area contributed by atoms with Crippen LogP contribution in [-0.2, 0) is 17.1 Å². The molecule has 1 aromatic heterocycles. The van der Waals surface area contributed by atoms with Gasteiger partial charge in [-0.25, -0.2) is 17.8 Å². The molecule has 8 heteroatoms. The molecule has 0 bridgehead atoms. The van der Waals surface area contributed by atoms with Gasteiger partial charge in [0, 0.05) is 13.1 Å². The van der Waals surface area contributed by atoms with E-state index in [4.69, 9.17) is 0 Å². The summed E-state index contributed by atoms with van der Waals surface area (Å²) in [5.41, 5.74) is 0. The summed E-state index contributed by atoms with van der Waals surface area (Å²) in [6.07, 6.45) is 4.56. The van der Waals surface area contributed by atoms with Crippen LogP contribution in [0.5, 0.6) is 0 Å². The molecule has 2 rings (SSSR count). The van der Waals surface area contributed by atoms with Crippen molar-refractivity contribution in [2.24, 2.45) is 13.0 Å². The minimum atomic E-state index is -3.57. The third kappa shape index (κ3) is 2.75. The number of aromatic nitrogens is 3. The predicted molar refractivity (Wildman–Crippen MR) is 70.4 cm³/mol. The van der Waals surface area contributed by atoms with Crippen LogP contribution < -0.4 is 4.72 Å². The van der Waals surface area contributed by atoms with E-state index in [9.17, 15) is 8.42 Å². The molecule has 1 saturated carbocycles. The van der Waals surface area contributed by atoms with E-state index in [1.165, 1.54) is 17.5 Å². The first-order valence-corrected chi connectivity index (χ1v) is 8.27. The molecule has 0 aromatic carbocycles. The van der Waals surface area contributed by atoms with E-state index in [0.717, 1.165) is 12.8 Å². The number of hydrogen-bond donors (Lipinski definition) is 1. The lowest BCUT2D eigenvalue weighted by molar-refractivity contribution is 0.422. The zero-order valence-electron chi connectivity index (χ0n) is 10.4. The minimum absolute atomic E-state index is 0.0562. The highest BCUT2D eigenvalue weighted by Crippen LogP contribution is 2.28. The first-order valence-electron chi connectivity index (χ1n) is 5.99. The van der Waals surface area contributed by atoms with Crippen LogP contribution in [-0.4, -0.2) is 29.5 Å². The van der Waals surface area contributed by atoms with E-state index in [1.54, 1.807) is 7.05 Å². The van der Waals surface area contributed by atoms with E-state index < -0.39 is 10.0 Å². The number of aryl methyl sites for hydroxylation is 1. The van der Waals surface area contributed by atoms with Gasteiger partial charge in [-0.05, 0) is 41.6 Å². The van der Waals surface area contributed by atoms with Crippen molar-refractivity contribution in [2.75, 3.05) is 0 Å². The number of hydrogen-bond acceptors (Lipinski definition) is 4. The van der Waals surface area contributed by atoms with Gasteiger partial charge in [0.1, 0.15) is 0 Å². The molecule has 0 saturated heterocycles. The maximum Gasteiger partial charge on any atom is 0.260 e. The van der Waals surface area contributed by atoms with Crippen molar-refractivity contribution in [3.63, 3.8) is 0 Å². The molecule has 0 aliphatic heterocycles. The third-order valence-electron chi connectivity index (χ3n) is 3.44. The van der Waals surface area contributed by atoms with Crippen molar-refractivity contribution in [1.29, 1.82) is 0 Å². The molecule has 18 heavy (non-hydrogen) atoms. The lowest BCUT2D eigenvalue weighted by Gasteiger charge is -2.20. The first-order chi connectivity index (χ1) is 8.42. The lowest BCUT2D eigenvalue weighted by Crippen LogP contribution is -2.38. The Morgan fingerprint density at radius 2 is 2.06 bits per heavy atom. The summed E-state index contributed by atoms with van der Waals surface area (Å²) in [4.78, 5) is 0. The van der Waals surface area contributed by atoms with E-state index in [-0.39, 0.29) is 15.7 Å². The quantitative estimate of drug-likeness (QED) is 0.902. The van der Waals surface area contributed by atoms with Crippen LogP contribution in [0.4, 0.5) is 0 Å². The Balaban J connectivity index is 2.17. The Labute approximate surface area is 115 Å². The fraction of sp³-hybridized carbons (Fsp3) is 0.800. The summed E-state index contributed by atoms with van der Waals surface area (Å²) in [5, 5.41) is 7.46. The highest BCUT2D eigenvalue weighted by molar-refractivity contribution is 9.10. The highest BCUT2D eigenvalue weighted by atomic mass is 79.9. The van der Waals surface area contributed by atoms with Gasteiger partial charge in [-0.1, -0.05) is 18.1 Å². The Bertz CT molecular complexity index is 502. The molecule has 1 atom stereocenters. The van der Waals surface area contributed by atoms with Crippen LogP contribution in [0.1, 0.15) is 32.6 Å². The van der Waals surface area contributed by atoms with Crippen LogP contribution in [0.3, 0.4) is 0 Å². The van der Waals surface area contributed by atoms with Gasteiger partial charge in [0.15, 0.2) is 4.60 Å². The van der Waals surface area contributed by atoms with Crippen LogP contribution in [0.25, 0.3) is 0 Å². The summed E-state index contributed by atoms with van der Waals surface area (Å²) in [7, 11) is -2.01. The second-order valence-corrected chi connectivity index (χ2v) is 7.14. The molecule has 0 spiro atoms. The maximum absolute atomic E-state index is 12.3. The van der Waals surface area contributed by atoms with E-state index in [1.807, 2.05) is 6.92 Å². The topological polar surface area (TPSA) is 76.9 Å². The van der Waals surface area contributed by atoms with Gasteiger partial charge in [0.05, 0.1) is 0 Å². The molecule has 102 valence electrons. The van der Waals surface area contributed by atoms with Gasteiger partial charge in [0.25, 0.3) is 10.0 Å². The summed E-state index contributed by atoms with van der Waals surface area (Å²) < 4.78 is 28.7. The summed E-state index contributed by atoms with van der Waals surface area (Å²) in [6.45, 7) is 1.92. The zero-order valence-corrected chi connectivity index (χ0v) is 12.8. The average molecular weight is 337 g/mol. The van der Waals surface area contributed by atoms with E-state index in [2.05, 4.69) is 31.0 Å². The zero-order chi connectivity index (χ0) is 13.3. The highest BCUT2D eigenvalue weighted by Gasteiger charge is 2.29. The molecule has 1 aromatic rings. The monoisotopic (exact) mass is 336 g/mol. The van der Waals surface area contributed by atoms with Gasteiger partial charge in [-0.3, -0.25) is 0 Å². The Morgan fingerprint density at radius 3 is 2.56 bits per heavy atom. The van der Waals surface area contributed by atoms with E-state index in [0.29, 0.717) is 5.92 Å². The molecular formula is C10H17BrN4O2S. The molecule has 1 heterocycles. The number of rotatable bonds is 4. The number of nitrogens with one attached hydrogen (secondary N) is 1. The van der Waals surface area contributed by atoms with Crippen molar-refractivity contribution in [3.8, 4) is 0 Å². The minimum Gasteiger partial charge on any atom is -0.235 e. The second kappa shape index (κ2) is 5.26. The summed E-state index contributed by atoms with van der Waals surface area (Å²) in [6, 6.07) is -0.0562. The Hall–Kier alpha value is -0.470.